The number of H-pyrrole nitrogens is 1. The fraction of sp³-hybridized carbons (Fsp3) is 0.0909. The number of hydrogen-bond donors (Lipinski definition) is 1. The summed E-state index contributed by atoms with van der Waals surface area (Å²) in [5, 5.41) is 13.9. The number of hydrogen-bond acceptors (Lipinski definition) is 6. The lowest BCUT2D eigenvalue weighted by Crippen LogP contribution is -2.21. The lowest BCUT2D eigenvalue weighted by atomic mass is 10.0. The van der Waals surface area contributed by atoms with Gasteiger partial charge in [0.2, 0.25) is 0 Å². The van der Waals surface area contributed by atoms with Gasteiger partial charge in [-0.25, -0.2) is 23.1 Å². The number of halogens is 3. The number of rotatable bonds is 4. The van der Waals surface area contributed by atoms with E-state index >= 15 is 0 Å². The summed E-state index contributed by atoms with van der Waals surface area (Å²) in [6.07, 6.45) is 0.0303. The number of aryl methyl sites for hydroxylation is 1. The van der Waals surface area contributed by atoms with Crippen LogP contribution in [-0.4, -0.2) is 35.2 Å². The van der Waals surface area contributed by atoms with Crippen molar-refractivity contribution in [1.29, 1.82) is 0 Å². The molecular weight excluding hydrogens is 435 g/mol. The minimum atomic E-state index is -0.928. The van der Waals surface area contributed by atoms with Crippen molar-refractivity contribution in [1.82, 2.24) is 35.2 Å². The second-order valence-corrected chi connectivity index (χ2v) is 7.27. The van der Waals surface area contributed by atoms with Crippen molar-refractivity contribution < 1.29 is 13.2 Å². The number of benzene rings is 2. The molecule has 2 aromatic carbocycles. The van der Waals surface area contributed by atoms with Crippen molar-refractivity contribution in [3.05, 3.63) is 93.5 Å². The molecule has 0 radical (unpaired) electrons. The van der Waals surface area contributed by atoms with E-state index in [-0.39, 0.29) is 23.7 Å². The number of nitrogens with one attached hydrogen (secondary N) is 1. The van der Waals surface area contributed by atoms with E-state index in [4.69, 9.17) is 0 Å². The molecule has 0 unspecified atom stereocenters. The largest absolute Gasteiger partial charge is 0.269 e. The minimum absolute atomic E-state index is 0.0151. The Hall–Kier alpha value is -4.41. The van der Waals surface area contributed by atoms with Gasteiger partial charge in [-0.2, -0.15) is 5.21 Å². The predicted molar refractivity (Wildman–Crippen MR) is 112 cm³/mol. The molecule has 0 bridgehead atoms. The van der Waals surface area contributed by atoms with Crippen molar-refractivity contribution in [3.8, 4) is 16.9 Å². The standard InChI is InChI=1S/C22H14F3N7O/c1-11-9-12(23)5-6-13(11)20-14-7-8-19(33)32(21-15(24)3-2-4-16(21)25)22(14)27-17(26-20)10-18-28-30-31-29-18/h2-9H,10H2,1H3,(H,28,29,30,31). The summed E-state index contributed by atoms with van der Waals surface area (Å²) < 4.78 is 43.9. The Bertz CT molecular complexity index is 1540. The lowest BCUT2D eigenvalue weighted by Gasteiger charge is -2.15. The van der Waals surface area contributed by atoms with Crippen LogP contribution < -0.4 is 5.56 Å². The molecule has 11 heteroatoms. The number of tetrazole rings is 1. The van der Waals surface area contributed by atoms with E-state index in [1.807, 2.05) is 0 Å². The van der Waals surface area contributed by atoms with Crippen molar-refractivity contribution in [2.24, 2.45) is 0 Å². The Balaban J connectivity index is 1.88. The summed E-state index contributed by atoms with van der Waals surface area (Å²) in [6.45, 7) is 1.71. The quantitative estimate of drug-likeness (QED) is 0.452. The zero-order valence-electron chi connectivity index (χ0n) is 17.1. The van der Waals surface area contributed by atoms with Gasteiger partial charge < -0.3 is 0 Å². The maximum atomic E-state index is 14.7. The Labute approximate surface area is 183 Å². The molecule has 0 fully saturated rings. The summed E-state index contributed by atoms with van der Waals surface area (Å²) in [6, 6.07) is 10.1. The van der Waals surface area contributed by atoms with E-state index in [2.05, 4.69) is 30.6 Å². The van der Waals surface area contributed by atoms with Gasteiger partial charge in [-0.1, -0.05) is 11.3 Å². The third kappa shape index (κ3) is 3.63. The van der Waals surface area contributed by atoms with E-state index in [1.165, 1.54) is 30.3 Å². The number of nitrogens with zero attached hydrogens (tertiary/aromatic N) is 6. The van der Waals surface area contributed by atoms with Crippen molar-refractivity contribution in [3.63, 3.8) is 0 Å². The number of aromatic amines is 1. The average molecular weight is 449 g/mol. The fourth-order valence-corrected chi connectivity index (χ4v) is 3.65. The molecule has 0 atom stereocenters. The first-order valence-corrected chi connectivity index (χ1v) is 9.78. The lowest BCUT2D eigenvalue weighted by molar-refractivity contribution is 0.568. The highest BCUT2D eigenvalue weighted by atomic mass is 19.1. The van der Waals surface area contributed by atoms with Gasteiger partial charge in [-0.3, -0.25) is 9.36 Å². The third-order valence-corrected chi connectivity index (χ3v) is 5.11. The van der Waals surface area contributed by atoms with Crippen LogP contribution in [0.1, 0.15) is 17.2 Å². The highest BCUT2D eigenvalue weighted by Gasteiger charge is 2.20. The maximum absolute atomic E-state index is 14.7. The van der Waals surface area contributed by atoms with Crippen LogP contribution in [0.5, 0.6) is 0 Å². The summed E-state index contributed by atoms with van der Waals surface area (Å²) in [7, 11) is 0. The van der Waals surface area contributed by atoms with Gasteiger partial charge in [-0.15, -0.1) is 10.2 Å². The number of fused-ring (bicyclic) bond motifs is 1. The number of aromatic nitrogens is 7. The van der Waals surface area contributed by atoms with Crippen LogP contribution in [-0.2, 0) is 6.42 Å². The van der Waals surface area contributed by atoms with Crippen LogP contribution in [0, 0.1) is 24.4 Å². The van der Waals surface area contributed by atoms with Crippen LogP contribution in [0.3, 0.4) is 0 Å². The molecule has 0 amide bonds. The van der Waals surface area contributed by atoms with Crippen LogP contribution in [0.4, 0.5) is 13.2 Å². The van der Waals surface area contributed by atoms with E-state index in [1.54, 1.807) is 13.0 Å². The van der Waals surface area contributed by atoms with E-state index in [0.29, 0.717) is 22.2 Å². The first-order valence-electron chi connectivity index (χ1n) is 9.78. The number of para-hydroxylation sites is 1. The Morgan fingerprint density at radius 1 is 0.970 bits per heavy atom. The molecule has 0 aliphatic rings. The summed E-state index contributed by atoms with van der Waals surface area (Å²) in [4.78, 5) is 21.8. The summed E-state index contributed by atoms with van der Waals surface area (Å²) in [5.74, 6) is -1.83. The Morgan fingerprint density at radius 3 is 2.45 bits per heavy atom. The van der Waals surface area contributed by atoms with Gasteiger partial charge in [-0.05, 0) is 48.9 Å². The molecule has 5 aromatic rings. The second kappa shape index (κ2) is 7.93. The molecule has 8 nitrogen and oxygen atoms in total. The fourth-order valence-electron chi connectivity index (χ4n) is 3.65. The highest BCUT2D eigenvalue weighted by molar-refractivity contribution is 5.92. The Morgan fingerprint density at radius 2 is 1.76 bits per heavy atom. The topological polar surface area (TPSA) is 102 Å². The average Bonchev–Trinajstić information content (AvgIpc) is 3.28. The molecule has 0 aliphatic heterocycles. The Kier molecular flexibility index (Phi) is 4.93. The summed E-state index contributed by atoms with van der Waals surface area (Å²) in [5.41, 5.74) is 0.254. The van der Waals surface area contributed by atoms with Crippen LogP contribution >= 0.6 is 0 Å². The van der Waals surface area contributed by atoms with Crippen LogP contribution in [0.15, 0.2) is 53.3 Å². The first kappa shape index (κ1) is 20.5. The molecule has 3 aromatic heterocycles. The van der Waals surface area contributed by atoms with Gasteiger partial charge in [0, 0.05) is 17.0 Å². The zero-order chi connectivity index (χ0) is 23.1. The van der Waals surface area contributed by atoms with Gasteiger partial charge >= 0.3 is 0 Å². The number of pyridine rings is 1. The van der Waals surface area contributed by atoms with Gasteiger partial charge in [0.1, 0.15) is 29.0 Å². The van der Waals surface area contributed by atoms with Gasteiger partial charge in [0.05, 0.1) is 12.1 Å². The molecule has 0 aliphatic carbocycles. The van der Waals surface area contributed by atoms with E-state index in [0.717, 1.165) is 16.7 Å². The molecule has 33 heavy (non-hydrogen) atoms. The SMILES string of the molecule is Cc1cc(F)ccc1-c1nc(Cc2nn[nH]n2)nc2c1ccc(=O)n2-c1c(F)cccc1F. The molecule has 164 valence electrons. The smallest absolute Gasteiger partial charge is 0.256 e. The molecule has 1 N–H and O–H groups in total. The minimum Gasteiger partial charge on any atom is -0.269 e. The van der Waals surface area contributed by atoms with Crippen molar-refractivity contribution >= 4 is 11.0 Å². The van der Waals surface area contributed by atoms with Gasteiger partial charge in [0.25, 0.3) is 5.56 Å². The monoisotopic (exact) mass is 449 g/mol. The molecule has 5 rings (SSSR count). The first-order chi connectivity index (χ1) is 15.9. The van der Waals surface area contributed by atoms with Crippen molar-refractivity contribution in [2.75, 3.05) is 0 Å². The zero-order valence-corrected chi connectivity index (χ0v) is 17.1. The maximum Gasteiger partial charge on any atom is 0.256 e. The summed E-state index contributed by atoms with van der Waals surface area (Å²) >= 11 is 0. The molecule has 0 spiro atoms. The highest BCUT2D eigenvalue weighted by Crippen LogP contribution is 2.30. The van der Waals surface area contributed by atoms with Crippen LogP contribution in [0.2, 0.25) is 0 Å². The third-order valence-electron chi connectivity index (χ3n) is 5.11. The molecule has 0 saturated heterocycles. The van der Waals surface area contributed by atoms with Crippen molar-refractivity contribution in [2.45, 2.75) is 13.3 Å². The molecule has 0 saturated carbocycles. The van der Waals surface area contributed by atoms with Crippen LogP contribution in [0.25, 0.3) is 28.0 Å². The van der Waals surface area contributed by atoms with E-state index < -0.39 is 28.7 Å². The predicted octanol–water partition coefficient (Wildman–Crippen LogP) is 3.28. The second-order valence-electron chi connectivity index (χ2n) is 7.27. The van der Waals surface area contributed by atoms with E-state index in [9.17, 15) is 18.0 Å². The molecule has 3 heterocycles. The van der Waals surface area contributed by atoms with Gasteiger partial charge in [0.15, 0.2) is 11.5 Å². The molecular formula is C22H14F3N7O. The normalized spacial score (nSPS) is 11.3.